The van der Waals surface area contributed by atoms with Gasteiger partial charge < -0.3 is 14.1 Å². The molecular weight excluding hydrogens is 308 g/mol. The first-order valence-corrected chi connectivity index (χ1v) is 7.11. The van der Waals surface area contributed by atoms with Crippen LogP contribution >= 0.6 is 0 Å². The lowest BCUT2D eigenvalue weighted by atomic mass is 10.1. The molecular formula is C15H15F2N3O3. The Morgan fingerprint density at radius 2 is 2.04 bits per heavy atom. The zero-order chi connectivity index (χ0) is 16.6. The molecule has 1 amide bonds. The number of rotatable bonds is 2. The van der Waals surface area contributed by atoms with Crippen molar-refractivity contribution in [1.29, 1.82) is 0 Å². The van der Waals surface area contributed by atoms with E-state index in [1.807, 2.05) is 0 Å². The van der Waals surface area contributed by atoms with E-state index in [-0.39, 0.29) is 30.2 Å². The molecule has 8 heteroatoms. The van der Waals surface area contributed by atoms with Crippen LogP contribution in [0.25, 0.3) is 0 Å². The highest BCUT2D eigenvalue weighted by molar-refractivity contribution is 5.95. The van der Waals surface area contributed by atoms with Crippen LogP contribution in [-0.2, 0) is 4.74 Å². The van der Waals surface area contributed by atoms with Crippen molar-refractivity contribution in [1.82, 2.24) is 15.1 Å². The Bertz CT molecular complexity index is 748. The second-order valence-electron chi connectivity index (χ2n) is 5.33. The summed E-state index contributed by atoms with van der Waals surface area (Å²) in [5.41, 5.74) is 0.0141. The third-order valence-corrected chi connectivity index (χ3v) is 3.69. The summed E-state index contributed by atoms with van der Waals surface area (Å²) in [5.74, 6) is -1.55. The number of ether oxygens (including phenoxy) is 1. The van der Waals surface area contributed by atoms with Crippen molar-refractivity contribution in [2.45, 2.75) is 19.9 Å². The van der Waals surface area contributed by atoms with Crippen LogP contribution in [0.5, 0.6) is 0 Å². The molecule has 0 unspecified atom stereocenters. The van der Waals surface area contributed by atoms with Gasteiger partial charge in [0.05, 0.1) is 18.8 Å². The number of aromatic nitrogens is 2. The fourth-order valence-electron chi connectivity index (χ4n) is 2.47. The number of hydrogen-bond donors (Lipinski definition) is 0. The number of carbonyl (C=O) groups is 1. The zero-order valence-corrected chi connectivity index (χ0v) is 12.7. The first kappa shape index (κ1) is 15.5. The minimum atomic E-state index is -0.898. The number of aryl methyl sites for hydroxylation is 2. The average Bonchev–Trinajstić information content (AvgIpc) is 2.96. The molecule has 1 aromatic heterocycles. The normalized spacial score (nSPS) is 18.3. The molecule has 1 aromatic carbocycles. The van der Waals surface area contributed by atoms with Gasteiger partial charge in [0.25, 0.3) is 5.91 Å². The van der Waals surface area contributed by atoms with Gasteiger partial charge in [-0.2, -0.15) is 0 Å². The maximum Gasteiger partial charge on any atom is 0.257 e. The smallest absolute Gasteiger partial charge is 0.257 e. The van der Waals surface area contributed by atoms with Crippen molar-refractivity contribution in [3.05, 3.63) is 46.7 Å². The van der Waals surface area contributed by atoms with Crippen LogP contribution in [0, 0.1) is 25.5 Å². The number of halogens is 2. The first-order valence-electron chi connectivity index (χ1n) is 7.11. The van der Waals surface area contributed by atoms with Crippen LogP contribution < -0.4 is 0 Å². The lowest BCUT2D eigenvalue weighted by molar-refractivity contribution is -0.0108. The van der Waals surface area contributed by atoms with Crippen molar-refractivity contribution in [3.63, 3.8) is 0 Å². The maximum atomic E-state index is 14.0. The summed E-state index contributed by atoms with van der Waals surface area (Å²) in [6, 6.07) is 1.33. The van der Waals surface area contributed by atoms with Gasteiger partial charge in [-0.3, -0.25) is 4.79 Å². The van der Waals surface area contributed by atoms with E-state index in [4.69, 9.17) is 9.15 Å². The highest BCUT2D eigenvalue weighted by atomic mass is 19.1. The van der Waals surface area contributed by atoms with E-state index in [0.29, 0.717) is 12.5 Å². The molecule has 6 nitrogen and oxygen atoms in total. The minimum absolute atomic E-state index is 0.176. The van der Waals surface area contributed by atoms with Crippen molar-refractivity contribution >= 4 is 5.91 Å². The van der Waals surface area contributed by atoms with Gasteiger partial charge in [-0.1, -0.05) is 0 Å². The van der Waals surface area contributed by atoms with E-state index in [1.165, 1.54) is 17.9 Å². The molecule has 3 rings (SSSR count). The van der Waals surface area contributed by atoms with Crippen molar-refractivity contribution in [2.24, 2.45) is 0 Å². The van der Waals surface area contributed by atoms with Crippen LogP contribution in [0.2, 0.25) is 0 Å². The van der Waals surface area contributed by atoms with Gasteiger partial charge in [-0.15, -0.1) is 10.2 Å². The van der Waals surface area contributed by atoms with Gasteiger partial charge in [0.1, 0.15) is 17.7 Å². The van der Waals surface area contributed by atoms with E-state index >= 15 is 0 Å². The van der Waals surface area contributed by atoms with Gasteiger partial charge in [0.15, 0.2) is 0 Å². The summed E-state index contributed by atoms with van der Waals surface area (Å²) in [7, 11) is 0. The number of benzene rings is 1. The van der Waals surface area contributed by atoms with Gasteiger partial charge in [0.2, 0.25) is 11.8 Å². The molecule has 0 radical (unpaired) electrons. The summed E-state index contributed by atoms with van der Waals surface area (Å²) in [5, 5.41) is 7.64. The summed E-state index contributed by atoms with van der Waals surface area (Å²) < 4.78 is 38.1. The molecule has 0 N–H and O–H groups in total. The molecule has 1 aliphatic rings. The molecule has 0 saturated carbocycles. The van der Waals surface area contributed by atoms with E-state index in [0.717, 1.165) is 6.07 Å². The monoisotopic (exact) mass is 323 g/mol. The molecule has 0 spiro atoms. The van der Waals surface area contributed by atoms with E-state index < -0.39 is 23.6 Å². The second kappa shape index (κ2) is 6.04. The number of nitrogens with zero attached hydrogens (tertiary/aromatic N) is 3. The van der Waals surface area contributed by atoms with Crippen LogP contribution in [0.4, 0.5) is 8.78 Å². The highest BCUT2D eigenvalue weighted by Gasteiger charge is 2.34. The van der Waals surface area contributed by atoms with Crippen LogP contribution in [0.15, 0.2) is 16.5 Å². The fraction of sp³-hybridized carbons (Fsp3) is 0.400. The summed E-state index contributed by atoms with van der Waals surface area (Å²) in [4.78, 5) is 14.1. The Morgan fingerprint density at radius 1 is 1.26 bits per heavy atom. The lowest BCUT2D eigenvalue weighted by Crippen LogP contribution is -2.43. The molecule has 1 saturated heterocycles. The number of carbonyl (C=O) groups excluding carboxylic acids is 1. The lowest BCUT2D eigenvalue weighted by Gasteiger charge is -2.33. The number of morpholine rings is 1. The standard InChI is InChI=1S/C15H15F2N3O3/c1-8-5-10(12(17)6-11(8)16)15(21)20-3-4-22-7-13(20)14-19-18-9(2)23-14/h5-6,13H,3-4,7H2,1-2H3/t13-/m1/s1. The second-order valence-corrected chi connectivity index (χ2v) is 5.33. The van der Waals surface area contributed by atoms with Gasteiger partial charge in [-0.05, 0) is 18.6 Å². The first-order chi connectivity index (χ1) is 11.0. The third-order valence-electron chi connectivity index (χ3n) is 3.69. The third kappa shape index (κ3) is 2.94. The molecule has 122 valence electrons. The predicted molar refractivity (Wildman–Crippen MR) is 74.7 cm³/mol. The van der Waals surface area contributed by atoms with Crippen molar-refractivity contribution < 1.29 is 22.7 Å². The van der Waals surface area contributed by atoms with Gasteiger partial charge in [-0.25, -0.2) is 8.78 Å². The minimum Gasteiger partial charge on any atom is -0.423 e. The largest absolute Gasteiger partial charge is 0.423 e. The SMILES string of the molecule is Cc1nnc([C@H]2COCCN2C(=O)c2cc(C)c(F)cc2F)o1. The molecule has 2 heterocycles. The Balaban J connectivity index is 1.94. The fourth-order valence-corrected chi connectivity index (χ4v) is 2.47. The summed E-state index contributed by atoms with van der Waals surface area (Å²) in [6.07, 6.45) is 0. The summed E-state index contributed by atoms with van der Waals surface area (Å²) in [6.45, 7) is 3.85. The zero-order valence-electron chi connectivity index (χ0n) is 12.7. The number of amides is 1. The molecule has 0 aliphatic carbocycles. The summed E-state index contributed by atoms with van der Waals surface area (Å²) >= 11 is 0. The van der Waals surface area contributed by atoms with Crippen molar-refractivity contribution in [2.75, 3.05) is 19.8 Å². The van der Waals surface area contributed by atoms with E-state index in [9.17, 15) is 13.6 Å². The number of hydrogen-bond acceptors (Lipinski definition) is 5. The van der Waals surface area contributed by atoms with E-state index in [2.05, 4.69) is 10.2 Å². The highest BCUT2D eigenvalue weighted by Crippen LogP contribution is 2.26. The Morgan fingerprint density at radius 3 is 2.74 bits per heavy atom. The Labute approximate surface area is 131 Å². The Hall–Kier alpha value is -2.35. The van der Waals surface area contributed by atoms with E-state index in [1.54, 1.807) is 6.92 Å². The van der Waals surface area contributed by atoms with Crippen LogP contribution in [0.1, 0.15) is 33.7 Å². The van der Waals surface area contributed by atoms with Crippen LogP contribution in [-0.4, -0.2) is 40.8 Å². The van der Waals surface area contributed by atoms with Gasteiger partial charge >= 0.3 is 0 Å². The maximum absolute atomic E-state index is 14.0. The molecule has 23 heavy (non-hydrogen) atoms. The average molecular weight is 323 g/mol. The quantitative estimate of drug-likeness (QED) is 0.847. The van der Waals surface area contributed by atoms with Gasteiger partial charge in [0, 0.05) is 19.5 Å². The molecule has 1 atom stereocenters. The topological polar surface area (TPSA) is 68.5 Å². The molecule has 0 bridgehead atoms. The van der Waals surface area contributed by atoms with Crippen molar-refractivity contribution in [3.8, 4) is 0 Å². The predicted octanol–water partition coefficient (Wildman–Crippen LogP) is 2.18. The van der Waals surface area contributed by atoms with Crippen LogP contribution in [0.3, 0.4) is 0 Å². The molecule has 2 aromatic rings. The molecule has 1 fully saturated rings. The molecule has 1 aliphatic heterocycles. The Kier molecular flexibility index (Phi) is 4.08.